The molecule has 4 rings (SSSR count). The molecule has 92 valence electrons. The highest BCUT2D eigenvalue weighted by Crippen LogP contribution is 2.39. The lowest BCUT2D eigenvalue weighted by molar-refractivity contribution is -0.102. The first-order valence-corrected chi connectivity index (χ1v) is 6.64. The molecule has 4 heteroatoms. The summed E-state index contributed by atoms with van der Waals surface area (Å²) in [6.07, 6.45) is 2.56. The molecule has 0 aromatic rings. The van der Waals surface area contributed by atoms with E-state index in [0.29, 0.717) is 6.61 Å². The van der Waals surface area contributed by atoms with Gasteiger partial charge in [0, 0.05) is 32.7 Å². The van der Waals surface area contributed by atoms with Crippen LogP contribution in [0.5, 0.6) is 0 Å². The van der Waals surface area contributed by atoms with Crippen molar-refractivity contribution in [3.63, 3.8) is 0 Å². The second-order valence-electron chi connectivity index (χ2n) is 5.55. The minimum atomic E-state index is 0.0819. The summed E-state index contributed by atoms with van der Waals surface area (Å²) in [5, 5.41) is 13.3. The van der Waals surface area contributed by atoms with E-state index in [0.717, 1.165) is 38.6 Å². The molecular weight excluding hydrogens is 202 g/mol. The largest absolute Gasteiger partial charge is 0.394 e. The Morgan fingerprint density at radius 3 is 2.31 bits per heavy atom. The molecule has 4 aliphatic rings. The van der Waals surface area contributed by atoms with Crippen LogP contribution in [0.2, 0.25) is 0 Å². The molecular formula is C12H23N3O. The molecule has 0 radical (unpaired) electrons. The third-order valence-electron chi connectivity index (χ3n) is 4.87. The summed E-state index contributed by atoms with van der Waals surface area (Å²) < 4.78 is 0. The van der Waals surface area contributed by atoms with E-state index in [2.05, 4.69) is 15.1 Å². The molecule has 2 N–H and O–H groups in total. The Bertz CT molecular complexity index is 247. The van der Waals surface area contributed by atoms with Crippen LogP contribution >= 0.6 is 0 Å². The van der Waals surface area contributed by atoms with Crippen molar-refractivity contribution in [2.75, 3.05) is 52.4 Å². The zero-order valence-corrected chi connectivity index (χ0v) is 9.99. The van der Waals surface area contributed by atoms with Crippen molar-refractivity contribution in [3.05, 3.63) is 0 Å². The van der Waals surface area contributed by atoms with Crippen LogP contribution in [0.3, 0.4) is 0 Å². The summed E-state index contributed by atoms with van der Waals surface area (Å²) in [4.78, 5) is 5.09. The van der Waals surface area contributed by atoms with E-state index >= 15 is 0 Å². The van der Waals surface area contributed by atoms with Gasteiger partial charge in [0.15, 0.2) is 0 Å². The lowest BCUT2D eigenvalue weighted by Gasteiger charge is -2.58. The highest BCUT2D eigenvalue weighted by Gasteiger charge is 2.49. The quantitative estimate of drug-likeness (QED) is 0.655. The van der Waals surface area contributed by atoms with Crippen molar-refractivity contribution in [1.82, 2.24) is 15.1 Å². The first-order valence-electron chi connectivity index (χ1n) is 6.64. The maximum absolute atomic E-state index is 9.93. The average molecular weight is 225 g/mol. The van der Waals surface area contributed by atoms with Crippen molar-refractivity contribution in [2.45, 2.75) is 18.4 Å². The lowest BCUT2D eigenvalue weighted by atomic mass is 9.72. The van der Waals surface area contributed by atoms with Crippen LogP contribution in [0, 0.1) is 5.92 Å². The van der Waals surface area contributed by atoms with E-state index in [1.165, 1.54) is 25.9 Å². The van der Waals surface area contributed by atoms with E-state index < -0.39 is 0 Å². The second-order valence-corrected chi connectivity index (χ2v) is 5.55. The van der Waals surface area contributed by atoms with Gasteiger partial charge in [0.1, 0.15) is 0 Å². The van der Waals surface area contributed by atoms with E-state index in [-0.39, 0.29) is 5.54 Å². The SMILES string of the molecule is OCC1(N2CCNCC2)CN2CCC1CC2. The third-order valence-corrected chi connectivity index (χ3v) is 4.87. The van der Waals surface area contributed by atoms with E-state index in [1.54, 1.807) is 0 Å². The highest BCUT2D eigenvalue weighted by atomic mass is 16.3. The van der Waals surface area contributed by atoms with Gasteiger partial charge < -0.3 is 15.3 Å². The first kappa shape index (κ1) is 11.0. The Balaban J connectivity index is 1.81. The molecule has 1 unspecified atom stereocenters. The van der Waals surface area contributed by atoms with Gasteiger partial charge in [-0.25, -0.2) is 0 Å². The number of fused-ring (bicyclic) bond motifs is 3. The lowest BCUT2D eigenvalue weighted by Crippen LogP contribution is -2.71. The molecule has 1 atom stereocenters. The van der Waals surface area contributed by atoms with Crippen molar-refractivity contribution >= 4 is 0 Å². The minimum absolute atomic E-state index is 0.0819. The molecule has 2 bridgehead atoms. The minimum Gasteiger partial charge on any atom is -0.394 e. The van der Waals surface area contributed by atoms with Crippen molar-refractivity contribution < 1.29 is 5.11 Å². The van der Waals surface area contributed by atoms with Crippen LogP contribution in [0.4, 0.5) is 0 Å². The third kappa shape index (κ3) is 1.59. The number of rotatable bonds is 2. The summed E-state index contributed by atoms with van der Waals surface area (Å²) in [5.41, 5.74) is 0.0819. The molecule has 4 fully saturated rings. The predicted molar refractivity (Wildman–Crippen MR) is 63.4 cm³/mol. The number of hydrogen-bond donors (Lipinski definition) is 2. The molecule has 4 aliphatic heterocycles. The molecule has 0 aromatic heterocycles. The molecule has 4 heterocycles. The average Bonchev–Trinajstić information content (AvgIpc) is 2.41. The first-order chi connectivity index (χ1) is 7.85. The van der Waals surface area contributed by atoms with Gasteiger partial charge in [0.05, 0.1) is 12.1 Å². The summed E-state index contributed by atoms with van der Waals surface area (Å²) in [7, 11) is 0. The van der Waals surface area contributed by atoms with Crippen molar-refractivity contribution in [1.29, 1.82) is 0 Å². The maximum Gasteiger partial charge on any atom is 0.0630 e. The number of nitrogens with one attached hydrogen (secondary N) is 1. The van der Waals surface area contributed by atoms with Crippen molar-refractivity contribution in [3.8, 4) is 0 Å². The Morgan fingerprint density at radius 1 is 1.12 bits per heavy atom. The summed E-state index contributed by atoms with van der Waals surface area (Å²) in [6.45, 7) is 8.29. The van der Waals surface area contributed by atoms with Crippen LogP contribution in [-0.4, -0.2) is 72.9 Å². The van der Waals surface area contributed by atoms with Crippen molar-refractivity contribution in [2.24, 2.45) is 5.92 Å². The number of piperidine rings is 3. The van der Waals surface area contributed by atoms with Crippen LogP contribution in [0.1, 0.15) is 12.8 Å². The Kier molecular flexibility index (Phi) is 2.92. The topological polar surface area (TPSA) is 38.7 Å². The molecule has 0 aromatic carbocycles. The van der Waals surface area contributed by atoms with Gasteiger partial charge in [-0.15, -0.1) is 0 Å². The van der Waals surface area contributed by atoms with Gasteiger partial charge in [-0.05, 0) is 31.8 Å². The number of hydrogen-bond acceptors (Lipinski definition) is 4. The molecule has 0 spiro atoms. The fraction of sp³-hybridized carbons (Fsp3) is 1.00. The molecule has 16 heavy (non-hydrogen) atoms. The van der Waals surface area contributed by atoms with E-state index in [1.807, 2.05) is 0 Å². The Morgan fingerprint density at radius 2 is 1.81 bits per heavy atom. The summed E-state index contributed by atoms with van der Waals surface area (Å²) >= 11 is 0. The van der Waals surface area contributed by atoms with E-state index in [4.69, 9.17) is 0 Å². The van der Waals surface area contributed by atoms with Gasteiger partial charge >= 0.3 is 0 Å². The van der Waals surface area contributed by atoms with Gasteiger partial charge in [-0.1, -0.05) is 0 Å². The number of aliphatic hydroxyl groups excluding tert-OH is 1. The van der Waals surface area contributed by atoms with Gasteiger partial charge in [0.2, 0.25) is 0 Å². The van der Waals surface area contributed by atoms with Gasteiger partial charge in [-0.3, -0.25) is 4.90 Å². The van der Waals surface area contributed by atoms with E-state index in [9.17, 15) is 5.11 Å². The molecule has 0 aliphatic carbocycles. The highest BCUT2D eigenvalue weighted by molar-refractivity contribution is 5.05. The number of piperazine rings is 1. The Hall–Kier alpha value is -0.160. The second kappa shape index (κ2) is 4.26. The van der Waals surface area contributed by atoms with Crippen LogP contribution in [-0.2, 0) is 0 Å². The molecule has 0 amide bonds. The number of aliphatic hydroxyl groups is 1. The Labute approximate surface area is 97.6 Å². The smallest absolute Gasteiger partial charge is 0.0630 e. The maximum atomic E-state index is 9.93. The van der Waals surface area contributed by atoms with Gasteiger partial charge in [0.25, 0.3) is 0 Å². The van der Waals surface area contributed by atoms with Gasteiger partial charge in [-0.2, -0.15) is 0 Å². The zero-order chi connectivity index (χ0) is 11.0. The summed E-state index contributed by atoms with van der Waals surface area (Å²) in [5.74, 6) is 0.723. The molecule has 0 saturated carbocycles. The fourth-order valence-electron chi connectivity index (χ4n) is 3.89. The van der Waals surface area contributed by atoms with Crippen LogP contribution in [0.15, 0.2) is 0 Å². The zero-order valence-electron chi connectivity index (χ0n) is 9.99. The normalized spacial score (nSPS) is 44.8. The molecule has 4 saturated heterocycles. The predicted octanol–water partition coefficient (Wildman–Crippen LogP) is -0.652. The standard InChI is InChI=1S/C12H23N3O/c16-10-12(15-7-3-13-4-8-15)9-14-5-1-11(12)2-6-14/h11,13,16H,1-10H2. The monoisotopic (exact) mass is 225 g/mol. The summed E-state index contributed by atoms with van der Waals surface area (Å²) in [6, 6.07) is 0. The number of nitrogens with zero attached hydrogens (tertiary/aromatic N) is 2. The fourth-order valence-corrected chi connectivity index (χ4v) is 3.89. The molecule has 4 nitrogen and oxygen atoms in total. The van der Waals surface area contributed by atoms with Crippen LogP contribution < -0.4 is 5.32 Å². The van der Waals surface area contributed by atoms with Crippen LogP contribution in [0.25, 0.3) is 0 Å².